The molecule has 2 aromatic heterocycles. The normalized spacial score (nSPS) is 17.4. The van der Waals surface area contributed by atoms with Gasteiger partial charge in [0.2, 0.25) is 23.9 Å². The SMILES string of the molecule is COC(=O)NC(Cc1cccc(O)c1)C(=O)N(C)C(C)C(NC(=O)C(CCSC)NC(=O)NC(Cc1c[nH]c2ccccc12)C(=O)O)C(=O)N/C=C1\C[C@@H](O)[C@H](n2ccc(=O)[nH]c2=O)O1. The van der Waals surface area contributed by atoms with Crippen molar-refractivity contribution in [2.45, 2.75) is 75.1 Å². The van der Waals surface area contributed by atoms with Crippen molar-refractivity contribution in [2.75, 3.05) is 26.2 Å². The molecule has 6 amide bonds. The van der Waals surface area contributed by atoms with Gasteiger partial charge < -0.3 is 61.3 Å². The van der Waals surface area contributed by atoms with Gasteiger partial charge in [-0.25, -0.2) is 19.2 Å². The molecule has 3 heterocycles. The number of aromatic amines is 2. The highest BCUT2D eigenvalue weighted by Crippen LogP contribution is 2.30. The van der Waals surface area contributed by atoms with Gasteiger partial charge in [0.15, 0.2) is 0 Å². The molecule has 1 fully saturated rings. The molecule has 0 aliphatic carbocycles. The molecule has 7 atom stereocenters. The van der Waals surface area contributed by atoms with Crippen LogP contribution in [0.3, 0.4) is 0 Å². The molecule has 1 aliphatic heterocycles. The fourth-order valence-electron chi connectivity index (χ4n) is 7.03. The van der Waals surface area contributed by atoms with Crippen LogP contribution in [-0.2, 0) is 41.5 Å². The number of likely N-dealkylation sites (N-methyl/N-ethyl adjacent to an activating group) is 1. The second-order valence-electron chi connectivity index (χ2n) is 15.1. The number of aromatic hydroxyl groups is 1. The van der Waals surface area contributed by atoms with Gasteiger partial charge in [-0.2, -0.15) is 11.8 Å². The molecule has 2 aromatic carbocycles. The summed E-state index contributed by atoms with van der Waals surface area (Å²) < 4.78 is 11.4. The van der Waals surface area contributed by atoms with Crippen molar-refractivity contribution in [2.24, 2.45) is 0 Å². The van der Waals surface area contributed by atoms with Crippen LogP contribution >= 0.6 is 11.8 Å². The number of amides is 6. The number of rotatable bonds is 19. The monoisotopic (exact) mass is 921 g/mol. The van der Waals surface area contributed by atoms with E-state index in [2.05, 4.69) is 36.6 Å². The lowest BCUT2D eigenvalue weighted by atomic mass is 10.0. The minimum atomic E-state index is -1.60. The molecule has 0 saturated carbocycles. The standard InChI is InChI=1S/C42H51N9O13S/c1-22(50(2)37(57)30(47-42(62)63-3)17-23-8-7-9-25(52)16-23)34(36(56)44-21-26-19-32(53)38(64-26)51-14-12-33(54)48-41(51)61)49-35(55)29(13-15-65-4)45-40(60)46-31(39(58)59)18-24-20-43-28-11-6-5-10-27(24)28/h5-12,14,16,20-22,29-32,34,38,43,52-53H,13,15,17-19H2,1-4H3,(H,44,56)(H,47,62)(H,49,55)(H,58,59)(H2,45,46,60)(H,48,54,61)/b26-21+/t22?,29?,30?,31?,32-,34?,38-/m1/s1. The quantitative estimate of drug-likeness (QED) is 0.0608. The van der Waals surface area contributed by atoms with E-state index in [1.807, 2.05) is 12.1 Å². The molecule has 10 N–H and O–H groups in total. The van der Waals surface area contributed by atoms with Gasteiger partial charge in [0.25, 0.3) is 5.56 Å². The third-order valence-electron chi connectivity index (χ3n) is 10.6. The van der Waals surface area contributed by atoms with E-state index in [0.717, 1.165) is 45.9 Å². The van der Waals surface area contributed by atoms with Crippen molar-refractivity contribution in [3.63, 3.8) is 0 Å². The number of nitrogens with zero attached hydrogens (tertiary/aromatic N) is 2. The van der Waals surface area contributed by atoms with Crippen LogP contribution in [0, 0.1) is 0 Å². The van der Waals surface area contributed by atoms with Crippen LogP contribution in [0.1, 0.15) is 37.1 Å². The molecule has 348 valence electrons. The van der Waals surface area contributed by atoms with Crippen LogP contribution in [0.15, 0.2) is 88.5 Å². The van der Waals surface area contributed by atoms with Gasteiger partial charge >= 0.3 is 23.8 Å². The summed E-state index contributed by atoms with van der Waals surface area (Å²) in [6.45, 7) is 1.44. The minimum Gasteiger partial charge on any atom is -0.508 e. The fraction of sp³-hybridized carbons (Fsp3) is 0.381. The van der Waals surface area contributed by atoms with Crippen molar-refractivity contribution in [1.29, 1.82) is 0 Å². The van der Waals surface area contributed by atoms with Crippen molar-refractivity contribution in [3.8, 4) is 5.75 Å². The summed E-state index contributed by atoms with van der Waals surface area (Å²) in [5, 5.41) is 44.1. The van der Waals surface area contributed by atoms with Gasteiger partial charge in [-0.05, 0) is 54.7 Å². The zero-order valence-electron chi connectivity index (χ0n) is 35.7. The molecule has 0 bridgehead atoms. The predicted molar refractivity (Wildman–Crippen MR) is 235 cm³/mol. The van der Waals surface area contributed by atoms with Crippen LogP contribution < -0.4 is 37.8 Å². The van der Waals surface area contributed by atoms with Crippen LogP contribution in [0.4, 0.5) is 9.59 Å². The Kier molecular flexibility index (Phi) is 16.8. The number of aliphatic hydroxyl groups is 1. The number of carbonyl (C=O) groups is 6. The number of phenols is 1. The molecular formula is C42H51N9O13S. The van der Waals surface area contributed by atoms with Crippen molar-refractivity contribution < 1.29 is 53.6 Å². The first-order chi connectivity index (χ1) is 31.0. The van der Waals surface area contributed by atoms with Crippen LogP contribution in [0.2, 0.25) is 0 Å². The van der Waals surface area contributed by atoms with Crippen LogP contribution in [-0.4, -0.2) is 133 Å². The first-order valence-corrected chi connectivity index (χ1v) is 21.6. The van der Waals surface area contributed by atoms with Gasteiger partial charge in [0, 0.05) is 61.9 Å². The van der Waals surface area contributed by atoms with E-state index >= 15 is 0 Å². The molecule has 0 spiro atoms. The third kappa shape index (κ3) is 12.9. The van der Waals surface area contributed by atoms with Gasteiger partial charge in [-0.1, -0.05) is 30.3 Å². The molecule has 1 saturated heterocycles. The summed E-state index contributed by atoms with van der Waals surface area (Å²) >= 11 is 1.35. The van der Waals surface area contributed by atoms with E-state index in [-0.39, 0.29) is 37.2 Å². The number of nitrogens with one attached hydrogen (secondary N) is 7. The predicted octanol–water partition coefficient (Wildman–Crippen LogP) is 0.377. The summed E-state index contributed by atoms with van der Waals surface area (Å²) in [4.78, 5) is 111. The Labute approximate surface area is 375 Å². The average Bonchev–Trinajstić information content (AvgIpc) is 3.86. The van der Waals surface area contributed by atoms with Gasteiger partial charge in [0.1, 0.15) is 41.8 Å². The number of hydrogen-bond acceptors (Lipinski definition) is 13. The Hall–Kier alpha value is -7.27. The smallest absolute Gasteiger partial charge is 0.407 e. The lowest BCUT2D eigenvalue weighted by Crippen LogP contribution is -2.62. The number of aromatic nitrogens is 3. The van der Waals surface area contributed by atoms with Crippen LogP contribution in [0.25, 0.3) is 10.9 Å². The maximum absolute atomic E-state index is 14.2. The summed E-state index contributed by atoms with van der Waals surface area (Å²) in [6.07, 6.45) is 1.73. The number of aliphatic carboxylic acids is 1. The molecule has 5 rings (SSSR count). The number of thioether (sulfide) groups is 1. The van der Waals surface area contributed by atoms with E-state index in [1.165, 1.54) is 37.9 Å². The van der Waals surface area contributed by atoms with Gasteiger partial charge in [-0.15, -0.1) is 0 Å². The highest BCUT2D eigenvalue weighted by atomic mass is 32.2. The van der Waals surface area contributed by atoms with Crippen LogP contribution in [0.5, 0.6) is 5.75 Å². The van der Waals surface area contributed by atoms with Crippen molar-refractivity contribution in [3.05, 3.63) is 111 Å². The number of ether oxygens (including phenoxy) is 2. The number of H-pyrrole nitrogens is 2. The Balaban J connectivity index is 1.39. The maximum Gasteiger partial charge on any atom is 0.407 e. The Morgan fingerprint density at radius 1 is 0.985 bits per heavy atom. The lowest BCUT2D eigenvalue weighted by Gasteiger charge is -2.34. The zero-order valence-corrected chi connectivity index (χ0v) is 36.5. The second kappa shape index (κ2) is 22.4. The number of aliphatic hydroxyl groups excluding tert-OH is 1. The molecule has 0 radical (unpaired) electrons. The van der Waals surface area contributed by atoms with E-state index < -0.39 is 89.6 Å². The second-order valence-corrected chi connectivity index (χ2v) is 16.0. The molecule has 5 unspecified atom stereocenters. The lowest BCUT2D eigenvalue weighted by molar-refractivity contribution is -0.139. The third-order valence-corrected chi connectivity index (χ3v) is 11.2. The van der Waals surface area contributed by atoms with E-state index in [4.69, 9.17) is 9.47 Å². The number of methoxy groups -OCH3 is 1. The number of carboxylic acids is 1. The minimum absolute atomic E-state index is 0.00127. The number of carboxylic acid groups (broad SMARTS) is 1. The van der Waals surface area contributed by atoms with Gasteiger partial charge in [0.05, 0.1) is 13.2 Å². The number of para-hydroxylation sites is 1. The molecule has 4 aromatic rings. The number of urea groups is 1. The Bertz CT molecular complexity index is 2520. The highest BCUT2D eigenvalue weighted by molar-refractivity contribution is 7.98. The number of fused-ring (bicyclic) bond motifs is 1. The van der Waals surface area contributed by atoms with E-state index in [9.17, 15) is 53.7 Å². The number of benzene rings is 2. The first-order valence-electron chi connectivity index (χ1n) is 20.2. The Morgan fingerprint density at radius 3 is 2.42 bits per heavy atom. The van der Waals surface area contributed by atoms with Crippen molar-refractivity contribution in [1.82, 2.24) is 46.0 Å². The molecule has 22 nitrogen and oxygen atoms in total. The van der Waals surface area contributed by atoms with E-state index in [1.54, 1.807) is 36.7 Å². The number of hydrogen-bond donors (Lipinski definition) is 10. The molecule has 23 heteroatoms. The Morgan fingerprint density at radius 2 is 1.72 bits per heavy atom. The summed E-state index contributed by atoms with van der Waals surface area (Å²) in [5.41, 5.74) is 0.339. The van der Waals surface area contributed by atoms with Crippen molar-refractivity contribution >= 4 is 58.5 Å². The maximum atomic E-state index is 14.2. The number of phenolic OH excluding ortho intramolecular Hbond substituents is 1. The summed E-state index contributed by atoms with van der Waals surface area (Å²) in [6, 6.07) is 6.43. The summed E-state index contributed by atoms with van der Waals surface area (Å²) in [7, 11) is 2.43. The summed E-state index contributed by atoms with van der Waals surface area (Å²) in [5.74, 6) is -3.62. The molecule has 1 aliphatic rings. The topological polar surface area (TPSA) is 316 Å². The zero-order chi connectivity index (χ0) is 47.4. The van der Waals surface area contributed by atoms with E-state index in [0.29, 0.717) is 16.9 Å². The largest absolute Gasteiger partial charge is 0.508 e. The average molecular weight is 922 g/mol. The first kappa shape index (κ1) is 48.8. The van der Waals surface area contributed by atoms with Gasteiger partial charge in [-0.3, -0.25) is 28.7 Å². The fourth-order valence-corrected chi connectivity index (χ4v) is 7.50. The molecular weight excluding hydrogens is 871 g/mol. The molecule has 65 heavy (non-hydrogen) atoms. The number of alkyl carbamates (subject to hydrolysis) is 1. The highest BCUT2D eigenvalue weighted by Gasteiger charge is 2.38. The number of carbonyl (C=O) groups excluding carboxylic acids is 5.